The Kier molecular flexibility index (Phi) is 4.69. The predicted octanol–water partition coefficient (Wildman–Crippen LogP) is 5.46. The summed E-state index contributed by atoms with van der Waals surface area (Å²) in [7, 11) is 1.85. The third-order valence-corrected chi connectivity index (χ3v) is 8.35. The minimum Gasteiger partial charge on any atom is -0.350 e. The van der Waals surface area contributed by atoms with Crippen LogP contribution in [0.5, 0.6) is 0 Å². The average Bonchev–Trinajstić information content (AvgIpc) is 2.81. The van der Waals surface area contributed by atoms with Crippen LogP contribution >= 0.6 is 38.7 Å². The first-order chi connectivity index (χ1) is 9.81. The Morgan fingerprint density at radius 2 is 1.35 bits per heavy atom. The molecule has 0 fully saturated rings. The maximum atomic E-state index is 3.49. The Hall–Kier alpha value is -0.920. The van der Waals surface area contributed by atoms with Crippen molar-refractivity contribution >= 4 is 55.1 Å². The van der Waals surface area contributed by atoms with E-state index >= 15 is 0 Å². The molecule has 1 aliphatic rings. The van der Waals surface area contributed by atoms with Gasteiger partial charge in [0.1, 0.15) is 0 Å². The highest BCUT2D eigenvalue weighted by Gasteiger charge is 2.14. The molecule has 0 aromatic heterocycles. The maximum absolute atomic E-state index is 3.49. The number of para-hydroxylation sites is 2. The predicted molar refractivity (Wildman–Crippen MR) is 102 cm³/mol. The van der Waals surface area contributed by atoms with Gasteiger partial charge in [0, 0.05) is 32.6 Å². The lowest BCUT2D eigenvalue weighted by Gasteiger charge is -2.05. The zero-order chi connectivity index (χ0) is 13.8. The molecule has 0 radical (unpaired) electrons. The van der Waals surface area contributed by atoms with Crippen LogP contribution in [0.3, 0.4) is 0 Å². The highest BCUT2D eigenvalue weighted by Crippen LogP contribution is 2.49. The summed E-state index contributed by atoms with van der Waals surface area (Å²) in [5.41, 5.74) is 2.26. The molecule has 1 aliphatic heterocycles. The minimum atomic E-state index is 0.122. The van der Waals surface area contributed by atoms with Crippen LogP contribution in [-0.4, -0.2) is 4.99 Å². The molecule has 0 bridgehead atoms. The number of nitrogens with one attached hydrogen (secondary N) is 2. The van der Waals surface area contributed by atoms with Gasteiger partial charge >= 0.3 is 0 Å². The molecule has 5 heteroatoms. The summed E-state index contributed by atoms with van der Waals surface area (Å²) in [5.74, 6) is 0. The summed E-state index contributed by atoms with van der Waals surface area (Å²) in [5, 5.41) is 8.13. The molecule has 1 unspecified atom stereocenters. The second-order valence-electron chi connectivity index (χ2n) is 4.16. The van der Waals surface area contributed by atoms with Crippen molar-refractivity contribution in [2.24, 2.45) is 0 Å². The molecule has 1 atom stereocenters. The second kappa shape index (κ2) is 6.69. The number of rotatable bonds is 3. The van der Waals surface area contributed by atoms with E-state index in [2.05, 4.69) is 62.2 Å². The fraction of sp³-hybridized carbons (Fsp3) is 0. The van der Waals surface area contributed by atoms with Crippen molar-refractivity contribution in [2.75, 3.05) is 10.6 Å². The van der Waals surface area contributed by atoms with E-state index in [1.54, 1.807) is 0 Å². The molecule has 2 N–H and O–H groups in total. The number of hydrogen-bond donors (Lipinski definition) is 2. The van der Waals surface area contributed by atoms with Crippen molar-refractivity contribution in [3.8, 4) is 0 Å². The van der Waals surface area contributed by atoms with Crippen LogP contribution in [0.4, 0.5) is 11.4 Å². The quantitative estimate of drug-likeness (QED) is 0.398. The van der Waals surface area contributed by atoms with Crippen LogP contribution < -0.4 is 10.6 Å². The first-order valence-electron chi connectivity index (χ1n) is 6.13. The number of hydrogen-bond acceptors (Lipinski definition) is 3. The smallest absolute Gasteiger partial charge is 0.0863 e. The van der Waals surface area contributed by atoms with Crippen LogP contribution in [0.15, 0.2) is 71.8 Å². The van der Waals surface area contributed by atoms with Gasteiger partial charge in [0.05, 0.1) is 10.0 Å². The SMILES string of the molecule is IS1=C(Nc2ccccc2)C=C(Nc2ccccc2)S1. The Balaban J connectivity index is 1.71. The van der Waals surface area contributed by atoms with E-state index in [0.717, 1.165) is 11.4 Å². The molecule has 20 heavy (non-hydrogen) atoms. The van der Waals surface area contributed by atoms with Crippen molar-refractivity contribution in [1.82, 2.24) is 0 Å². The van der Waals surface area contributed by atoms with E-state index in [-0.39, 0.29) is 6.69 Å². The lowest BCUT2D eigenvalue weighted by Crippen LogP contribution is -2.06. The summed E-state index contributed by atoms with van der Waals surface area (Å²) in [6, 6.07) is 20.6. The molecule has 0 amide bonds. The molecule has 0 spiro atoms. The van der Waals surface area contributed by atoms with Gasteiger partial charge < -0.3 is 10.6 Å². The maximum Gasteiger partial charge on any atom is 0.0863 e. The molecule has 3 rings (SSSR count). The van der Waals surface area contributed by atoms with Gasteiger partial charge in [-0.15, -0.1) is 0 Å². The Morgan fingerprint density at radius 3 is 1.95 bits per heavy atom. The van der Waals surface area contributed by atoms with E-state index in [0.29, 0.717) is 0 Å². The van der Waals surface area contributed by atoms with E-state index in [1.165, 1.54) is 10.0 Å². The van der Waals surface area contributed by atoms with Crippen LogP contribution in [0.1, 0.15) is 0 Å². The first-order valence-corrected chi connectivity index (χ1v) is 11.2. The molecule has 2 aromatic rings. The van der Waals surface area contributed by atoms with Crippen LogP contribution in [0, 0.1) is 0 Å². The first kappa shape index (κ1) is 14.0. The molecular weight excluding hydrogens is 399 g/mol. The number of halogens is 1. The second-order valence-corrected chi connectivity index (χ2v) is 11.6. The standard InChI is InChI=1S/C15H13IN2S2/c16-20-15(18-13-9-5-2-6-10-13)11-14(19-20)17-12-7-3-1-4-8-12/h1-11,17-18H. The van der Waals surface area contributed by atoms with Crippen molar-refractivity contribution in [3.63, 3.8) is 0 Å². The fourth-order valence-electron chi connectivity index (χ4n) is 1.77. The van der Waals surface area contributed by atoms with Crippen molar-refractivity contribution in [2.45, 2.75) is 0 Å². The summed E-state index contributed by atoms with van der Waals surface area (Å²) in [6.45, 7) is 0.122. The summed E-state index contributed by atoms with van der Waals surface area (Å²) in [6.07, 6.45) is 2.19. The highest BCUT2D eigenvalue weighted by molar-refractivity contribution is 14.2. The summed E-state index contributed by atoms with van der Waals surface area (Å²) >= 11 is 2.48. The zero-order valence-electron chi connectivity index (χ0n) is 10.5. The van der Waals surface area contributed by atoms with E-state index in [9.17, 15) is 0 Å². The lowest BCUT2D eigenvalue weighted by molar-refractivity contribution is 1.56. The number of anilines is 2. The lowest BCUT2D eigenvalue weighted by atomic mass is 10.3. The highest BCUT2D eigenvalue weighted by atomic mass is 127. The monoisotopic (exact) mass is 412 g/mol. The molecular formula is C15H13IN2S2. The van der Waals surface area contributed by atoms with Gasteiger partial charge in [-0.3, -0.25) is 0 Å². The van der Waals surface area contributed by atoms with Gasteiger partial charge in [0.25, 0.3) is 0 Å². The third kappa shape index (κ3) is 3.59. The Morgan fingerprint density at radius 1 is 0.800 bits per heavy atom. The largest absolute Gasteiger partial charge is 0.350 e. The minimum absolute atomic E-state index is 0.122. The van der Waals surface area contributed by atoms with E-state index in [1.807, 2.05) is 47.2 Å². The Bertz CT molecular complexity index is 654. The van der Waals surface area contributed by atoms with Gasteiger partial charge in [0.2, 0.25) is 0 Å². The van der Waals surface area contributed by atoms with E-state index < -0.39 is 0 Å². The zero-order valence-corrected chi connectivity index (χ0v) is 14.3. The number of benzene rings is 2. The normalized spacial score (nSPS) is 17.8. The van der Waals surface area contributed by atoms with Crippen LogP contribution in [-0.2, 0) is 0 Å². The third-order valence-electron chi connectivity index (χ3n) is 2.68. The molecule has 2 nitrogen and oxygen atoms in total. The van der Waals surface area contributed by atoms with Crippen molar-refractivity contribution in [3.05, 3.63) is 71.8 Å². The van der Waals surface area contributed by atoms with Gasteiger partial charge in [-0.05, 0) is 47.8 Å². The van der Waals surface area contributed by atoms with Gasteiger partial charge in [-0.25, -0.2) is 0 Å². The van der Waals surface area contributed by atoms with Crippen LogP contribution in [0.25, 0.3) is 0 Å². The van der Waals surface area contributed by atoms with Crippen molar-refractivity contribution in [1.29, 1.82) is 0 Å². The molecule has 0 saturated heterocycles. The fourth-order valence-corrected chi connectivity index (χ4v) is 6.57. The average molecular weight is 412 g/mol. The summed E-state index contributed by atoms with van der Waals surface area (Å²) < 4.78 is 0. The molecule has 102 valence electrons. The Labute approximate surface area is 137 Å². The summed E-state index contributed by atoms with van der Waals surface area (Å²) in [4.78, 5) is 1.25. The van der Waals surface area contributed by atoms with Gasteiger partial charge in [0.15, 0.2) is 0 Å². The molecule has 2 aromatic carbocycles. The molecule has 0 saturated carbocycles. The molecule has 0 aliphatic carbocycles. The van der Waals surface area contributed by atoms with Crippen LogP contribution in [0.2, 0.25) is 0 Å². The van der Waals surface area contributed by atoms with Gasteiger partial charge in [-0.1, -0.05) is 36.4 Å². The van der Waals surface area contributed by atoms with Gasteiger partial charge in [-0.2, -0.15) is 0 Å². The van der Waals surface area contributed by atoms with E-state index in [4.69, 9.17) is 0 Å². The topological polar surface area (TPSA) is 24.1 Å². The molecule has 1 heterocycles. The van der Waals surface area contributed by atoms with Crippen molar-refractivity contribution < 1.29 is 0 Å².